The molecule has 11 heteroatoms. The Balaban J connectivity index is 1.18. The van der Waals surface area contributed by atoms with Gasteiger partial charge in [0.15, 0.2) is 0 Å². The quantitative estimate of drug-likeness (QED) is 0.240. The minimum Gasteiger partial charge on any atom is -0.462 e. The first-order chi connectivity index (χ1) is 24.0. The number of nitrogens with zero attached hydrogens (tertiary/aromatic N) is 8. The van der Waals surface area contributed by atoms with Crippen LogP contribution in [0.1, 0.15) is 48.1 Å². The summed E-state index contributed by atoms with van der Waals surface area (Å²) in [5.74, 6) is 1.80. The van der Waals surface area contributed by atoms with Gasteiger partial charge in [-0.1, -0.05) is 48.5 Å². The van der Waals surface area contributed by atoms with Crippen molar-refractivity contribution in [2.24, 2.45) is 0 Å². The molecule has 2 fully saturated rings. The van der Waals surface area contributed by atoms with Gasteiger partial charge in [0.2, 0.25) is 0 Å². The number of likely N-dealkylation sites (tertiary alicyclic amines) is 1. The molecule has 2 aromatic heterocycles. The Kier molecular flexibility index (Phi) is 9.75. The Morgan fingerprint density at radius 2 is 1.84 bits per heavy atom. The first kappa shape index (κ1) is 32.6. The van der Waals surface area contributed by atoms with E-state index in [0.29, 0.717) is 44.8 Å². The highest BCUT2D eigenvalue weighted by molar-refractivity contribution is 5.94. The smallest absolute Gasteiger partial charge is 0.410 e. The third-order valence-corrected chi connectivity index (χ3v) is 10.2. The first-order valence-corrected chi connectivity index (χ1v) is 17.4. The van der Waals surface area contributed by atoms with Gasteiger partial charge < -0.3 is 29.1 Å². The summed E-state index contributed by atoms with van der Waals surface area (Å²) in [5, 5.41) is 12.1. The Hall–Kier alpha value is -4.95. The molecule has 0 N–H and O–H groups in total. The fourth-order valence-electron chi connectivity index (χ4n) is 7.45. The summed E-state index contributed by atoms with van der Waals surface area (Å²) in [6.45, 7) is 6.79. The molecule has 0 bridgehead atoms. The molecule has 2 saturated heterocycles. The summed E-state index contributed by atoms with van der Waals surface area (Å²) >= 11 is 0. The van der Waals surface area contributed by atoms with E-state index < -0.39 is 6.09 Å². The largest absolute Gasteiger partial charge is 0.462 e. The number of benzene rings is 2. The van der Waals surface area contributed by atoms with Crippen LogP contribution in [-0.4, -0.2) is 89.3 Å². The molecule has 3 aliphatic rings. The molecule has 0 aliphatic carbocycles. The van der Waals surface area contributed by atoms with Crippen LogP contribution in [0.3, 0.4) is 0 Å². The monoisotopic (exact) mass is 660 g/mol. The van der Waals surface area contributed by atoms with Crippen LogP contribution < -0.4 is 14.5 Å². The Morgan fingerprint density at radius 3 is 2.65 bits per heavy atom. The van der Waals surface area contributed by atoms with Gasteiger partial charge in [-0.05, 0) is 68.8 Å². The molecule has 0 spiro atoms. The Labute approximate surface area is 288 Å². The zero-order valence-corrected chi connectivity index (χ0v) is 28.4. The maximum atomic E-state index is 13.3. The van der Waals surface area contributed by atoms with Crippen molar-refractivity contribution in [2.75, 3.05) is 56.2 Å². The molecule has 2 atom stereocenters. The number of nitriles is 1. The van der Waals surface area contributed by atoms with Gasteiger partial charge in [-0.25, -0.2) is 9.78 Å². The first-order valence-electron chi connectivity index (χ1n) is 17.4. The SMILES string of the molecule is Cc1cccc2ccnc(N3CCCc4c(nc(OC[C@@H]5CCCN5C)nc4N4CCN(C(=O)OCc5ccccc5)[C@@H](CC#N)C4)C3)c12. The fourth-order valence-corrected chi connectivity index (χ4v) is 7.45. The number of rotatable bonds is 8. The zero-order valence-electron chi connectivity index (χ0n) is 28.4. The van der Waals surface area contributed by atoms with Crippen LogP contribution in [0.5, 0.6) is 6.01 Å². The average molecular weight is 661 g/mol. The number of amides is 1. The number of pyridine rings is 1. The van der Waals surface area contributed by atoms with E-state index in [9.17, 15) is 10.1 Å². The topological polar surface area (TPSA) is 111 Å². The maximum Gasteiger partial charge on any atom is 0.410 e. The van der Waals surface area contributed by atoms with Crippen molar-refractivity contribution in [3.63, 3.8) is 0 Å². The minimum absolute atomic E-state index is 0.192. The van der Waals surface area contributed by atoms with Gasteiger partial charge in [0.1, 0.15) is 24.8 Å². The highest BCUT2D eigenvalue weighted by Crippen LogP contribution is 2.34. The normalized spacial score (nSPS) is 19.7. The van der Waals surface area contributed by atoms with E-state index in [-0.39, 0.29) is 19.1 Å². The summed E-state index contributed by atoms with van der Waals surface area (Å²) in [7, 11) is 2.14. The molecule has 4 aromatic rings. The van der Waals surface area contributed by atoms with Gasteiger partial charge in [0, 0.05) is 49.4 Å². The van der Waals surface area contributed by atoms with E-state index in [1.165, 1.54) is 10.9 Å². The van der Waals surface area contributed by atoms with Crippen LogP contribution in [0.25, 0.3) is 10.8 Å². The lowest BCUT2D eigenvalue weighted by Crippen LogP contribution is -2.55. The Bertz CT molecular complexity index is 1820. The third-order valence-electron chi connectivity index (χ3n) is 10.2. The van der Waals surface area contributed by atoms with Crippen LogP contribution in [0.2, 0.25) is 0 Å². The van der Waals surface area contributed by atoms with Crippen molar-refractivity contribution in [1.82, 2.24) is 24.8 Å². The number of carbonyl (C=O) groups excluding carboxylic acids is 1. The van der Waals surface area contributed by atoms with Gasteiger partial charge in [-0.3, -0.25) is 0 Å². The van der Waals surface area contributed by atoms with Crippen molar-refractivity contribution in [3.05, 3.63) is 83.2 Å². The number of ether oxygens (including phenoxy) is 2. The molecule has 5 heterocycles. The van der Waals surface area contributed by atoms with E-state index in [1.807, 2.05) is 36.5 Å². The van der Waals surface area contributed by atoms with Gasteiger partial charge >= 0.3 is 12.1 Å². The third kappa shape index (κ3) is 7.10. The van der Waals surface area contributed by atoms with Crippen LogP contribution in [-0.2, 0) is 24.3 Å². The highest BCUT2D eigenvalue weighted by Gasteiger charge is 2.35. The van der Waals surface area contributed by atoms with Crippen LogP contribution in [0, 0.1) is 18.3 Å². The number of piperazine rings is 1. The van der Waals surface area contributed by atoms with Crippen molar-refractivity contribution in [1.29, 1.82) is 5.26 Å². The van der Waals surface area contributed by atoms with Crippen LogP contribution >= 0.6 is 0 Å². The zero-order chi connectivity index (χ0) is 33.7. The molecule has 1 amide bonds. The summed E-state index contributed by atoms with van der Waals surface area (Å²) in [6.07, 6.45) is 5.65. The molecule has 3 aliphatic heterocycles. The van der Waals surface area contributed by atoms with Gasteiger partial charge in [0.25, 0.3) is 0 Å². The predicted molar refractivity (Wildman–Crippen MR) is 189 cm³/mol. The summed E-state index contributed by atoms with van der Waals surface area (Å²) in [5.41, 5.74) is 4.16. The second-order valence-electron chi connectivity index (χ2n) is 13.4. The number of aromatic nitrogens is 3. The molecule has 0 radical (unpaired) electrons. The van der Waals surface area contributed by atoms with Gasteiger partial charge in [-0.15, -0.1) is 0 Å². The Morgan fingerprint density at radius 1 is 0.959 bits per heavy atom. The number of hydrogen-bond acceptors (Lipinski definition) is 10. The van der Waals surface area contributed by atoms with Crippen molar-refractivity contribution < 1.29 is 14.3 Å². The van der Waals surface area contributed by atoms with Crippen LogP contribution in [0.15, 0.2) is 60.8 Å². The van der Waals surface area contributed by atoms with E-state index >= 15 is 0 Å². The van der Waals surface area contributed by atoms with Crippen molar-refractivity contribution >= 4 is 28.5 Å². The molecule has 11 nitrogen and oxygen atoms in total. The van der Waals surface area contributed by atoms with Crippen molar-refractivity contribution in [2.45, 2.75) is 64.3 Å². The van der Waals surface area contributed by atoms with Crippen LogP contribution in [0.4, 0.5) is 16.4 Å². The number of anilines is 2. The average Bonchev–Trinajstić information content (AvgIpc) is 3.41. The predicted octanol–water partition coefficient (Wildman–Crippen LogP) is 5.50. The molecule has 49 heavy (non-hydrogen) atoms. The lowest BCUT2D eigenvalue weighted by atomic mass is 10.1. The second-order valence-corrected chi connectivity index (χ2v) is 13.4. The standard InChI is InChI=1S/C38H44N8O3/c1-27-9-6-12-29-16-18-40-36(34(27)29)44-20-8-14-32-33(24-44)41-37(48-26-31-13-7-19-43(31)2)42-35(32)45-21-22-46(30(23-45)15-17-39)38(47)49-25-28-10-4-3-5-11-28/h3-6,9-12,16,18,30-31H,7-8,13-15,19-26H2,1-2H3/t30-,31-/m0/s1. The molecule has 254 valence electrons. The molecule has 7 rings (SSSR count). The van der Waals surface area contributed by atoms with E-state index in [0.717, 1.165) is 72.6 Å². The molecule has 0 unspecified atom stereocenters. The number of hydrogen-bond donors (Lipinski definition) is 0. The minimum atomic E-state index is -0.400. The van der Waals surface area contributed by atoms with Crippen molar-refractivity contribution in [3.8, 4) is 12.1 Å². The number of fused-ring (bicyclic) bond motifs is 2. The molecule has 2 aromatic carbocycles. The summed E-state index contributed by atoms with van der Waals surface area (Å²) < 4.78 is 12.1. The fraction of sp³-hybridized carbons (Fsp3) is 0.447. The van der Waals surface area contributed by atoms with Gasteiger partial charge in [0.05, 0.1) is 30.8 Å². The van der Waals surface area contributed by atoms with E-state index in [1.54, 1.807) is 4.90 Å². The lowest BCUT2D eigenvalue weighted by molar-refractivity contribution is 0.0767. The number of likely N-dealkylation sites (N-methyl/N-ethyl adjacent to an activating group) is 1. The molecule has 0 saturated carbocycles. The van der Waals surface area contributed by atoms with Gasteiger partial charge in [-0.2, -0.15) is 15.2 Å². The summed E-state index contributed by atoms with van der Waals surface area (Å²) in [4.78, 5) is 36.9. The highest BCUT2D eigenvalue weighted by atomic mass is 16.6. The number of carbonyl (C=O) groups is 1. The summed E-state index contributed by atoms with van der Waals surface area (Å²) in [6, 6.07) is 20.7. The maximum absolute atomic E-state index is 13.3. The van der Waals surface area contributed by atoms with E-state index in [4.69, 9.17) is 24.4 Å². The lowest BCUT2D eigenvalue weighted by Gasteiger charge is -2.41. The molecular formula is C38H44N8O3. The second kappa shape index (κ2) is 14.7. The number of aryl methyl sites for hydroxylation is 1. The van der Waals surface area contributed by atoms with E-state index in [2.05, 4.69) is 59.0 Å². The molecular weight excluding hydrogens is 616 g/mol.